The number of imidazole rings is 1. The van der Waals surface area contributed by atoms with Crippen LogP contribution in [0, 0.1) is 0 Å². The number of rotatable bonds is 11. The van der Waals surface area contributed by atoms with E-state index in [1.165, 1.54) is 12.1 Å². The van der Waals surface area contributed by atoms with Gasteiger partial charge in [0.05, 0.1) is 10.6 Å². The van der Waals surface area contributed by atoms with Gasteiger partial charge in [0.25, 0.3) is 0 Å². The first-order valence-corrected chi connectivity index (χ1v) is 15.0. The van der Waals surface area contributed by atoms with Crippen molar-refractivity contribution in [2.24, 2.45) is 5.14 Å². The van der Waals surface area contributed by atoms with E-state index in [9.17, 15) is 21.6 Å². The molecule has 5 rings (SSSR count). The van der Waals surface area contributed by atoms with Gasteiger partial charge in [-0.15, -0.1) is 0 Å². The number of benzene rings is 3. The van der Waals surface area contributed by atoms with Gasteiger partial charge in [-0.3, -0.25) is 4.90 Å². The topological polar surface area (TPSA) is 99.7 Å². The molecule has 12 heteroatoms. The number of sulfonamides is 1. The van der Waals surface area contributed by atoms with Crippen LogP contribution < -0.4 is 14.6 Å². The van der Waals surface area contributed by atoms with Crippen LogP contribution in [0.4, 0.5) is 13.2 Å². The molecule has 2 N–H and O–H groups in total. The number of nitrogens with two attached hydrogens (primary N) is 1. The lowest BCUT2D eigenvalue weighted by Gasteiger charge is -2.25. The van der Waals surface area contributed by atoms with E-state index in [1.807, 2.05) is 30.0 Å². The molecular formula is C30H31F3N4O4S. The number of fused-ring (bicyclic) bond motifs is 1. The molecule has 1 aromatic heterocycles. The van der Waals surface area contributed by atoms with E-state index in [0.717, 1.165) is 12.0 Å². The average Bonchev–Trinajstić information content (AvgIpc) is 3.56. The van der Waals surface area contributed by atoms with Crippen LogP contribution in [0.2, 0.25) is 0 Å². The van der Waals surface area contributed by atoms with Crippen molar-refractivity contribution in [3.8, 4) is 22.9 Å². The van der Waals surface area contributed by atoms with Gasteiger partial charge in [0.2, 0.25) is 16.8 Å². The highest BCUT2D eigenvalue weighted by Crippen LogP contribution is 2.37. The molecule has 0 spiro atoms. The summed E-state index contributed by atoms with van der Waals surface area (Å²) in [7, 11) is -3.89. The van der Waals surface area contributed by atoms with Gasteiger partial charge in [-0.25, -0.2) is 18.5 Å². The molecule has 1 aliphatic rings. The summed E-state index contributed by atoms with van der Waals surface area (Å²) in [6.45, 7) is 2.91. The van der Waals surface area contributed by atoms with Crippen molar-refractivity contribution >= 4 is 10.0 Å². The molecule has 0 saturated carbocycles. The lowest BCUT2D eigenvalue weighted by Crippen LogP contribution is -2.26. The number of aromatic nitrogens is 2. The third-order valence-electron chi connectivity index (χ3n) is 6.98. The summed E-state index contributed by atoms with van der Waals surface area (Å²) in [6.07, 6.45) is -3.19. The van der Waals surface area contributed by atoms with Crippen molar-refractivity contribution in [3.05, 3.63) is 95.3 Å². The lowest BCUT2D eigenvalue weighted by atomic mass is 10.1. The van der Waals surface area contributed by atoms with Crippen molar-refractivity contribution in [3.63, 3.8) is 0 Å². The SMILES string of the molecule is CCCCn1c(-c2ccccc2)nc(C(F)(F)F)c1CN(Cc1ccc(S(N)(=O)=O)cc1)Cc1ccc2c(c1)OCO2. The maximum Gasteiger partial charge on any atom is 0.435 e. The Balaban J connectivity index is 1.56. The van der Waals surface area contributed by atoms with Crippen LogP contribution in [0.15, 0.2) is 77.7 Å². The van der Waals surface area contributed by atoms with Crippen molar-refractivity contribution in [1.82, 2.24) is 14.5 Å². The maximum absolute atomic E-state index is 14.5. The monoisotopic (exact) mass is 600 g/mol. The van der Waals surface area contributed by atoms with Gasteiger partial charge >= 0.3 is 6.18 Å². The van der Waals surface area contributed by atoms with Gasteiger partial charge in [0, 0.05) is 31.7 Å². The fourth-order valence-electron chi connectivity index (χ4n) is 4.96. The fourth-order valence-corrected chi connectivity index (χ4v) is 5.47. The molecule has 0 atom stereocenters. The Morgan fingerprint density at radius 3 is 2.26 bits per heavy atom. The molecule has 42 heavy (non-hydrogen) atoms. The number of hydrogen-bond acceptors (Lipinski definition) is 6. The second-order valence-electron chi connectivity index (χ2n) is 10.1. The predicted octanol–water partition coefficient (Wildman–Crippen LogP) is 5.95. The van der Waals surface area contributed by atoms with Gasteiger partial charge < -0.3 is 14.0 Å². The Morgan fingerprint density at radius 1 is 0.929 bits per heavy atom. The van der Waals surface area contributed by atoms with Crippen molar-refractivity contribution in [1.29, 1.82) is 0 Å². The second kappa shape index (κ2) is 12.2. The molecule has 8 nitrogen and oxygen atoms in total. The molecule has 0 amide bonds. The van der Waals surface area contributed by atoms with E-state index in [4.69, 9.17) is 14.6 Å². The van der Waals surface area contributed by atoms with Gasteiger partial charge in [-0.05, 0) is 41.8 Å². The third-order valence-corrected chi connectivity index (χ3v) is 7.91. The van der Waals surface area contributed by atoms with Crippen LogP contribution in [0.3, 0.4) is 0 Å². The summed E-state index contributed by atoms with van der Waals surface area (Å²) < 4.78 is 79.6. The molecule has 0 fully saturated rings. The zero-order valence-corrected chi connectivity index (χ0v) is 23.8. The highest BCUT2D eigenvalue weighted by atomic mass is 32.2. The first kappa shape index (κ1) is 29.6. The molecule has 1 aliphatic heterocycles. The zero-order valence-electron chi connectivity index (χ0n) is 23.0. The van der Waals surface area contributed by atoms with Gasteiger partial charge in [0.1, 0.15) is 5.82 Å². The van der Waals surface area contributed by atoms with Gasteiger partial charge in [-0.2, -0.15) is 13.2 Å². The van der Waals surface area contributed by atoms with Crippen LogP contribution in [-0.4, -0.2) is 29.7 Å². The van der Waals surface area contributed by atoms with E-state index < -0.39 is 21.9 Å². The third kappa shape index (κ3) is 6.77. The Hall–Kier alpha value is -3.87. The van der Waals surface area contributed by atoms with Crippen LogP contribution >= 0.6 is 0 Å². The molecule has 2 heterocycles. The summed E-state index contributed by atoms with van der Waals surface area (Å²) in [5.74, 6) is 1.44. The van der Waals surface area contributed by atoms with E-state index >= 15 is 0 Å². The molecule has 0 radical (unpaired) electrons. The van der Waals surface area contributed by atoms with Crippen molar-refractivity contribution < 1.29 is 31.1 Å². The van der Waals surface area contributed by atoms with Crippen LogP contribution in [0.1, 0.15) is 42.3 Å². The van der Waals surface area contributed by atoms with Crippen LogP contribution in [0.5, 0.6) is 11.5 Å². The molecule has 0 aliphatic carbocycles. The van der Waals surface area contributed by atoms with E-state index in [2.05, 4.69) is 4.98 Å². The number of alkyl halides is 3. The summed E-state index contributed by atoms with van der Waals surface area (Å²) in [5, 5.41) is 5.24. The normalized spacial score (nSPS) is 13.2. The molecule has 222 valence electrons. The van der Waals surface area contributed by atoms with Crippen molar-refractivity contribution in [2.75, 3.05) is 6.79 Å². The Labute approximate surface area is 242 Å². The lowest BCUT2D eigenvalue weighted by molar-refractivity contribution is -0.141. The van der Waals surface area contributed by atoms with E-state index in [-0.39, 0.29) is 42.8 Å². The minimum Gasteiger partial charge on any atom is -0.454 e. The molecule has 3 aromatic carbocycles. The van der Waals surface area contributed by atoms with Gasteiger partial charge in [-0.1, -0.05) is 61.9 Å². The number of primary sulfonamides is 1. The number of halogens is 3. The minimum absolute atomic E-state index is 0.0435. The Bertz CT molecular complexity index is 1640. The minimum atomic E-state index is -4.67. The van der Waals surface area contributed by atoms with Crippen LogP contribution in [-0.2, 0) is 42.4 Å². The summed E-state index contributed by atoms with van der Waals surface area (Å²) in [5.41, 5.74) is 1.28. The average molecular weight is 601 g/mol. The molecule has 0 unspecified atom stereocenters. The summed E-state index contributed by atoms with van der Waals surface area (Å²) in [6, 6.07) is 20.3. The largest absolute Gasteiger partial charge is 0.454 e. The Morgan fingerprint density at radius 2 is 1.60 bits per heavy atom. The first-order chi connectivity index (χ1) is 20.0. The fraction of sp³-hybridized carbons (Fsp3) is 0.300. The maximum atomic E-state index is 14.5. The first-order valence-electron chi connectivity index (χ1n) is 13.5. The summed E-state index contributed by atoms with van der Waals surface area (Å²) in [4.78, 5) is 5.98. The van der Waals surface area contributed by atoms with Crippen molar-refractivity contribution in [2.45, 2.75) is 57.0 Å². The zero-order chi connectivity index (χ0) is 29.9. The molecule has 4 aromatic rings. The Kier molecular flexibility index (Phi) is 8.58. The second-order valence-corrected chi connectivity index (χ2v) is 11.7. The molecule has 0 saturated heterocycles. The number of unbranched alkanes of at least 4 members (excludes halogenated alkanes) is 1. The summed E-state index contributed by atoms with van der Waals surface area (Å²) >= 11 is 0. The number of ether oxygens (including phenoxy) is 2. The van der Waals surface area contributed by atoms with E-state index in [1.54, 1.807) is 47.0 Å². The molecule has 0 bridgehead atoms. The van der Waals surface area contributed by atoms with Crippen LogP contribution in [0.25, 0.3) is 11.4 Å². The number of hydrogen-bond donors (Lipinski definition) is 1. The predicted molar refractivity (Wildman–Crippen MR) is 151 cm³/mol. The number of nitrogens with zero attached hydrogens (tertiary/aromatic N) is 3. The standard InChI is InChI=1S/C30H31F3N4O4S/c1-2-3-15-37-25(28(30(31,32)33)35-29(37)23-7-5-4-6-8-23)19-36(17-21-9-12-24(13-10-21)42(34,38)39)18-22-11-14-26-27(16-22)41-20-40-26/h4-14,16H,2-3,15,17-20H2,1H3,(H2,34,38,39). The smallest absolute Gasteiger partial charge is 0.435 e. The highest BCUT2D eigenvalue weighted by molar-refractivity contribution is 7.89. The highest BCUT2D eigenvalue weighted by Gasteiger charge is 2.39. The van der Waals surface area contributed by atoms with Gasteiger partial charge in [0.15, 0.2) is 17.2 Å². The van der Waals surface area contributed by atoms with E-state index in [0.29, 0.717) is 35.6 Å². The quantitative estimate of drug-likeness (QED) is 0.229. The molecular weight excluding hydrogens is 569 g/mol.